The molecule has 0 saturated heterocycles. The Bertz CT molecular complexity index is 778. The molecule has 0 aliphatic carbocycles. The molecule has 0 aliphatic heterocycles. The van der Waals surface area contributed by atoms with Crippen molar-refractivity contribution < 1.29 is 23.0 Å². The number of hydrogen-bond donors (Lipinski definition) is 2. The van der Waals surface area contributed by atoms with Gasteiger partial charge in [-0.15, -0.1) is 24.0 Å². The molecule has 0 aliphatic rings. The van der Waals surface area contributed by atoms with Crippen LogP contribution in [0, 0.1) is 0 Å². The highest BCUT2D eigenvalue weighted by Gasteiger charge is 2.10. The number of alkyl halides is 2. The molecule has 29 heavy (non-hydrogen) atoms. The fourth-order valence-corrected chi connectivity index (χ4v) is 2.45. The Hall–Kier alpha value is -2.30. The van der Waals surface area contributed by atoms with Crippen LogP contribution in [0.4, 0.5) is 8.78 Å². The number of ether oxygens (including phenoxy) is 3. The van der Waals surface area contributed by atoms with Crippen molar-refractivity contribution in [3.8, 4) is 17.2 Å². The quantitative estimate of drug-likeness (QED) is 0.296. The number of guanidine groups is 1. The van der Waals surface area contributed by atoms with E-state index >= 15 is 0 Å². The second-order valence-corrected chi connectivity index (χ2v) is 5.90. The summed E-state index contributed by atoms with van der Waals surface area (Å²) in [5, 5.41) is 6.22. The van der Waals surface area contributed by atoms with Crippen LogP contribution < -0.4 is 24.8 Å². The fraction of sp³-hybridized carbons (Fsp3) is 0.350. The van der Waals surface area contributed by atoms with Crippen molar-refractivity contribution >= 4 is 29.9 Å². The van der Waals surface area contributed by atoms with E-state index in [9.17, 15) is 8.78 Å². The van der Waals surface area contributed by atoms with Crippen molar-refractivity contribution in [2.45, 2.75) is 26.2 Å². The third kappa shape index (κ3) is 8.71. The van der Waals surface area contributed by atoms with Crippen molar-refractivity contribution in [3.05, 3.63) is 54.1 Å². The van der Waals surface area contributed by atoms with E-state index in [2.05, 4.69) is 20.4 Å². The summed E-state index contributed by atoms with van der Waals surface area (Å²) in [6, 6.07) is 14.0. The van der Waals surface area contributed by atoms with E-state index in [1.165, 1.54) is 6.07 Å². The van der Waals surface area contributed by atoms with Gasteiger partial charge in [0.05, 0.1) is 13.7 Å². The lowest BCUT2D eigenvalue weighted by Crippen LogP contribution is -2.41. The minimum atomic E-state index is -2.87. The van der Waals surface area contributed by atoms with Gasteiger partial charge in [-0.3, -0.25) is 4.99 Å². The smallest absolute Gasteiger partial charge is 0.387 e. The minimum Gasteiger partial charge on any atom is -0.497 e. The largest absolute Gasteiger partial charge is 0.497 e. The molecule has 0 radical (unpaired) electrons. The zero-order valence-electron chi connectivity index (χ0n) is 16.5. The number of hydrogen-bond acceptors (Lipinski definition) is 4. The Morgan fingerprint density at radius 3 is 2.45 bits per heavy atom. The van der Waals surface area contributed by atoms with Gasteiger partial charge in [-0.05, 0) is 25.1 Å². The molecule has 2 N–H and O–H groups in total. The van der Waals surface area contributed by atoms with Gasteiger partial charge in [-0.2, -0.15) is 8.78 Å². The highest BCUT2D eigenvalue weighted by Crippen LogP contribution is 2.20. The van der Waals surface area contributed by atoms with Gasteiger partial charge in [0.25, 0.3) is 0 Å². The summed E-state index contributed by atoms with van der Waals surface area (Å²) in [5.74, 6) is 2.08. The van der Waals surface area contributed by atoms with E-state index in [4.69, 9.17) is 9.47 Å². The molecule has 0 saturated carbocycles. The van der Waals surface area contributed by atoms with Crippen LogP contribution >= 0.6 is 24.0 Å². The van der Waals surface area contributed by atoms with E-state index < -0.39 is 6.61 Å². The van der Waals surface area contributed by atoms with Crippen molar-refractivity contribution in [2.24, 2.45) is 4.99 Å². The Balaban J connectivity index is 0.00000420. The molecule has 2 aromatic rings. The summed E-state index contributed by atoms with van der Waals surface area (Å²) in [6.07, 6.45) is -0.139. The van der Waals surface area contributed by atoms with Gasteiger partial charge in [-0.25, -0.2) is 0 Å². The number of rotatable bonds is 9. The lowest BCUT2D eigenvalue weighted by Gasteiger charge is -2.18. The summed E-state index contributed by atoms with van der Waals surface area (Å²) >= 11 is 0. The van der Waals surface area contributed by atoms with Crippen LogP contribution in [0.15, 0.2) is 53.5 Å². The maximum atomic E-state index is 12.5. The van der Waals surface area contributed by atoms with Crippen molar-refractivity contribution in [1.82, 2.24) is 10.6 Å². The monoisotopic (exact) mass is 521 g/mol. The predicted octanol–water partition coefficient (Wildman–Crippen LogP) is 4.05. The van der Waals surface area contributed by atoms with E-state index in [1.807, 2.05) is 31.2 Å². The van der Waals surface area contributed by atoms with Crippen molar-refractivity contribution in [3.63, 3.8) is 0 Å². The average molecular weight is 521 g/mol. The van der Waals surface area contributed by atoms with Crippen LogP contribution in [0.2, 0.25) is 0 Å². The van der Waals surface area contributed by atoms with Crippen LogP contribution in [-0.4, -0.2) is 39.4 Å². The molecular weight excluding hydrogens is 495 g/mol. The summed E-state index contributed by atoms with van der Waals surface area (Å²) in [4.78, 5) is 4.13. The summed E-state index contributed by atoms with van der Waals surface area (Å²) in [7, 11) is 3.23. The van der Waals surface area contributed by atoms with Crippen LogP contribution in [0.5, 0.6) is 17.2 Å². The maximum absolute atomic E-state index is 12.5. The molecule has 160 valence electrons. The number of halogens is 3. The SMILES string of the molecule is CN=C(NCc1ccccc1OC(F)F)NCC(C)Oc1cccc(OC)c1.I. The maximum Gasteiger partial charge on any atom is 0.387 e. The molecule has 0 bridgehead atoms. The molecule has 0 heterocycles. The number of aliphatic imine (C=N–C) groups is 1. The van der Waals surface area contributed by atoms with Gasteiger partial charge in [0.2, 0.25) is 0 Å². The second-order valence-electron chi connectivity index (χ2n) is 5.90. The molecule has 9 heteroatoms. The predicted molar refractivity (Wildman–Crippen MR) is 120 cm³/mol. The van der Waals surface area contributed by atoms with Gasteiger partial charge in [0.15, 0.2) is 5.96 Å². The van der Waals surface area contributed by atoms with E-state index in [0.717, 1.165) is 5.75 Å². The third-order valence-corrected chi connectivity index (χ3v) is 3.79. The Morgan fingerprint density at radius 2 is 1.76 bits per heavy atom. The van der Waals surface area contributed by atoms with Gasteiger partial charge >= 0.3 is 6.61 Å². The fourth-order valence-electron chi connectivity index (χ4n) is 2.45. The molecular formula is C20H26F2IN3O3. The van der Waals surface area contributed by atoms with Crippen LogP contribution in [-0.2, 0) is 6.54 Å². The first-order valence-electron chi connectivity index (χ1n) is 8.79. The lowest BCUT2D eigenvalue weighted by molar-refractivity contribution is -0.0504. The number of benzene rings is 2. The third-order valence-electron chi connectivity index (χ3n) is 3.79. The lowest BCUT2D eigenvalue weighted by atomic mass is 10.2. The van der Waals surface area contributed by atoms with Crippen LogP contribution in [0.3, 0.4) is 0 Å². The van der Waals surface area contributed by atoms with Crippen molar-refractivity contribution in [1.29, 1.82) is 0 Å². The Labute approximate surface area is 186 Å². The zero-order valence-corrected chi connectivity index (χ0v) is 18.9. The molecule has 1 unspecified atom stereocenters. The first-order chi connectivity index (χ1) is 13.5. The number of methoxy groups -OCH3 is 1. The highest BCUT2D eigenvalue weighted by atomic mass is 127. The van der Waals surface area contributed by atoms with Crippen LogP contribution in [0.25, 0.3) is 0 Å². The molecule has 0 amide bonds. The Morgan fingerprint density at radius 1 is 1.03 bits per heavy atom. The Kier molecular flexibility index (Phi) is 11.1. The number of para-hydroxylation sites is 1. The van der Waals surface area contributed by atoms with Gasteiger partial charge in [0, 0.05) is 25.2 Å². The minimum absolute atomic E-state index is 0. The number of nitrogens with zero attached hydrogens (tertiary/aromatic N) is 1. The first kappa shape index (κ1) is 24.7. The van der Waals surface area contributed by atoms with E-state index in [1.54, 1.807) is 32.4 Å². The molecule has 0 aromatic heterocycles. The second kappa shape index (κ2) is 13.0. The van der Waals surface area contributed by atoms with Gasteiger partial charge in [-0.1, -0.05) is 24.3 Å². The topological polar surface area (TPSA) is 64.1 Å². The van der Waals surface area contributed by atoms with E-state index in [0.29, 0.717) is 23.8 Å². The number of nitrogens with one attached hydrogen (secondary N) is 2. The first-order valence-corrected chi connectivity index (χ1v) is 8.79. The highest BCUT2D eigenvalue weighted by molar-refractivity contribution is 14.0. The van der Waals surface area contributed by atoms with Gasteiger partial charge in [0.1, 0.15) is 23.4 Å². The standard InChI is InChI=1S/C20H25F2N3O3.HI/c1-14(27-17-9-6-8-16(11-17)26-3)12-24-20(23-2)25-13-15-7-4-5-10-18(15)28-19(21)22;/h4-11,14,19H,12-13H2,1-3H3,(H2,23,24,25);1H. The molecule has 1 atom stereocenters. The molecule has 2 aromatic carbocycles. The summed E-state index contributed by atoms with van der Waals surface area (Å²) in [5.41, 5.74) is 0.603. The summed E-state index contributed by atoms with van der Waals surface area (Å²) in [6.45, 7) is -0.168. The van der Waals surface area contributed by atoms with E-state index in [-0.39, 0.29) is 42.4 Å². The molecule has 6 nitrogen and oxygen atoms in total. The molecule has 0 fully saturated rings. The summed E-state index contributed by atoms with van der Waals surface area (Å²) < 4.78 is 40.6. The normalized spacial score (nSPS) is 12.0. The molecule has 0 spiro atoms. The van der Waals surface area contributed by atoms with Crippen molar-refractivity contribution in [2.75, 3.05) is 20.7 Å². The zero-order chi connectivity index (χ0) is 20.4. The van der Waals surface area contributed by atoms with Gasteiger partial charge < -0.3 is 24.8 Å². The molecule has 2 rings (SSSR count). The average Bonchev–Trinajstić information content (AvgIpc) is 2.69. The van der Waals surface area contributed by atoms with Crippen LogP contribution in [0.1, 0.15) is 12.5 Å².